The second-order valence-corrected chi connectivity index (χ2v) is 7.43. The maximum Gasteiger partial charge on any atom is 0.271 e. The van der Waals surface area contributed by atoms with E-state index in [1.165, 1.54) is 35.6 Å². The van der Waals surface area contributed by atoms with E-state index < -0.39 is 0 Å². The van der Waals surface area contributed by atoms with Crippen LogP contribution in [0.5, 0.6) is 11.6 Å². The molecule has 1 N–H and O–H groups in total. The third-order valence-corrected chi connectivity index (χ3v) is 5.37. The first kappa shape index (κ1) is 18.3. The number of hydrogen-bond acceptors (Lipinski definition) is 6. The Hall–Kier alpha value is -3.10. The minimum absolute atomic E-state index is 0.240. The largest absolute Gasteiger partial charge is 0.439 e. The summed E-state index contributed by atoms with van der Waals surface area (Å²) >= 11 is 3.03. The topological polar surface area (TPSA) is 64.1 Å². The second-order valence-electron chi connectivity index (χ2n) is 5.79. The van der Waals surface area contributed by atoms with Crippen LogP contribution in [0.4, 0.5) is 4.39 Å². The lowest BCUT2D eigenvalue weighted by atomic mass is 10.2. The average molecular weight is 411 g/mol. The summed E-state index contributed by atoms with van der Waals surface area (Å²) < 4.78 is 18.6. The predicted octanol–water partition coefficient (Wildman–Crippen LogP) is 5.13. The first-order valence-electron chi connectivity index (χ1n) is 8.32. The van der Waals surface area contributed by atoms with Gasteiger partial charge in [0.05, 0.1) is 0 Å². The van der Waals surface area contributed by atoms with E-state index in [2.05, 4.69) is 15.3 Å². The van der Waals surface area contributed by atoms with Crippen LogP contribution in [0.2, 0.25) is 0 Å². The van der Waals surface area contributed by atoms with Crippen LogP contribution in [0.15, 0.2) is 64.8 Å². The van der Waals surface area contributed by atoms with E-state index in [1.54, 1.807) is 35.0 Å². The van der Waals surface area contributed by atoms with Crippen LogP contribution in [0.3, 0.4) is 0 Å². The third kappa shape index (κ3) is 4.41. The van der Waals surface area contributed by atoms with Gasteiger partial charge in [-0.25, -0.2) is 14.4 Å². The van der Waals surface area contributed by atoms with Crippen LogP contribution in [0, 0.1) is 5.82 Å². The van der Waals surface area contributed by atoms with E-state index >= 15 is 0 Å². The lowest BCUT2D eigenvalue weighted by Gasteiger charge is -2.07. The molecule has 5 nitrogen and oxygen atoms in total. The number of thiophene rings is 1. The minimum Gasteiger partial charge on any atom is -0.439 e. The van der Waals surface area contributed by atoms with Crippen molar-refractivity contribution >= 4 is 28.6 Å². The van der Waals surface area contributed by atoms with Gasteiger partial charge in [0, 0.05) is 35.1 Å². The fraction of sp³-hybridized carbons (Fsp3) is 0.0500. The highest BCUT2D eigenvalue weighted by Crippen LogP contribution is 2.25. The molecule has 0 saturated carbocycles. The van der Waals surface area contributed by atoms with Crippen LogP contribution in [0.25, 0.3) is 10.6 Å². The van der Waals surface area contributed by atoms with E-state index in [1.807, 2.05) is 16.8 Å². The lowest BCUT2D eigenvalue weighted by Crippen LogP contribution is -2.23. The molecular formula is C20H14FN3O2S2. The third-order valence-electron chi connectivity index (χ3n) is 3.79. The number of hydrogen-bond donors (Lipinski definition) is 1. The number of thiazole rings is 1. The molecule has 0 aliphatic heterocycles. The molecule has 0 aliphatic carbocycles. The van der Waals surface area contributed by atoms with Gasteiger partial charge in [-0.3, -0.25) is 4.79 Å². The number of amides is 1. The molecule has 0 bridgehead atoms. The number of benzene rings is 1. The zero-order valence-electron chi connectivity index (χ0n) is 14.5. The Labute approximate surface area is 168 Å². The van der Waals surface area contributed by atoms with Gasteiger partial charge in [0.25, 0.3) is 5.91 Å². The maximum absolute atomic E-state index is 13.0. The standard InChI is InChI=1S/C20H14FN3O2S2/c21-15-1-3-16(4-2-15)26-18-9-13(5-7-22-18)10-23-19(25)17-12-28-20(24-17)14-6-8-27-11-14/h1-9,11-12H,10H2,(H,23,25). The molecule has 28 heavy (non-hydrogen) atoms. The molecule has 0 saturated heterocycles. The Morgan fingerprint density at radius 3 is 2.79 bits per heavy atom. The lowest BCUT2D eigenvalue weighted by molar-refractivity contribution is 0.0946. The highest BCUT2D eigenvalue weighted by Gasteiger charge is 2.12. The minimum atomic E-state index is -0.332. The van der Waals surface area contributed by atoms with E-state index in [9.17, 15) is 9.18 Å². The van der Waals surface area contributed by atoms with Crippen molar-refractivity contribution in [2.24, 2.45) is 0 Å². The predicted molar refractivity (Wildman–Crippen MR) is 107 cm³/mol. The average Bonchev–Trinajstić information content (AvgIpc) is 3.40. The SMILES string of the molecule is O=C(NCc1ccnc(Oc2ccc(F)cc2)c1)c1csc(-c2ccsc2)n1. The van der Waals surface area contributed by atoms with Crippen molar-refractivity contribution in [2.45, 2.75) is 6.54 Å². The van der Waals surface area contributed by atoms with Crippen LogP contribution in [-0.4, -0.2) is 15.9 Å². The zero-order chi connectivity index (χ0) is 19.3. The number of pyridine rings is 1. The molecule has 0 fully saturated rings. The molecule has 140 valence electrons. The van der Waals surface area contributed by atoms with Crippen molar-refractivity contribution in [1.82, 2.24) is 15.3 Å². The fourth-order valence-electron chi connectivity index (χ4n) is 2.41. The molecule has 4 aromatic rings. The molecule has 4 rings (SSSR count). The van der Waals surface area contributed by atoms with Gasteiger partial charge in [-0.05, 0) is 47.3 Å². The van der Waals surface area contributed by atoms with Gasteiger partial charge in [-0.15, -0.1) is 11.3 Å². The van der Waals surface area contributed by atoms with Crippen molar-refractivity contribution in [3.05, 3.63) is 81.9 Å². The second kappa shape index (κ2) is 8.28. The Balaban J connectivity index is 1.38. The number of rotatable bonds is 6. The maximum atomic E-state index is 13.0. The van der Waals surface area contributed by atoms with Crippen LogP contribution in [-0.2, 0) is 6.54 Å². The Morgan fingerprint density at radius 1 is 1.14 bits per heavy atom. The Bertz CT molecular complexity index is 1080. The number of aromatic nitrogens is 2. The van der Waals surface area contributed by atoms with Gasteiger partial charge >= 0.3 is 0 Å². The molecule has 0 spiro atoms. The molecule has 0 atom stereocenters. The molecule has 1 amide bonds. The summed E-state index contributed by atoms with van der Waals surface area (Å²) in [4.78, 5) is 20.9. The normalized spacial score (nSPS) is 10.6. The molecule has 0 aliphatic rings. The summed E-state index contributed by atoms with van der Waals surface area (Å²) in [5.74, 6) is 0.279. The first-order valence-corrected chi connectivity index (χ1v) is 10.1. The van der Waals surface area contributed by atoms with Crippen LogP contribution >= 0.6 is 22.7 Å². The number of nitrogens with zero attached hydrogens (tertiary/aromatic N) is 2. The van der Waals surface area contributed by atoms with E-state index in [0.29, 0.717) is 23.9 Å². The summed E-state index contributed by atoms with van der Waals surface area (Å²) in [6.07, 6.45) is 1.60. The number of halogens is 1. The fourth-order valence-corrected chi connectivity index (χ4v) is 3.92. The van der Waals surface area contributed by atoms with Gasteiger partial charge in [0.2, 0.25) is 5.88 Å². The van der Waals surface area contributed by atoms with Gasteiger partial charge in [0.15, 0.2) is 0 Å². The van der Waals surface area contributed by atoms with Gasteiger partial charge < -0.3 is 10.1 Å². The quantitative estimate of drug-likeness (QED) is 0.478. The number of carbonyl (C=O) groups is 1. The van der Waals surface area contributed by atoms with E-state index in [-0.39, 0.29) is 11.7 Å². The van der Waals surface area contributed by atoms with Crippen molar-refractivity contribution in [3.63, 3.8) is 0 Å². The van der Waals surface area contributed by atoms with Crippen molar-refractivity contribution in [2.75, 3.05) is 0 Å². The number of ether oxygens (including phenoxy) is 1. The zero-order valence-corrected chi connectivity index (χ0v) is 16.1. The summed E-state index contributed by atoms with van der Waals surface area (Å²) in [5, 5.41) is 9.40. The monoisotopic (exact) mass is 411 g/mol. The number of carbonyl (C=O) groups excluding carboxylic acids is 1. The van der Waals surface area contributed by atoms with Gasteiger partial charge in [-0.2, -0.15) is 11.3 Å². The summed E-state index contributed by atoms with van der Waals surface area (Å²) in [6, 6.07) is 11.2. The molecule has 3 aromatic heterocycles. The summed E-state index contributed by atoms with van der Waals surface area (Å²) in [5.41, 5.74) is 2.24. The molecule has 1 aromatic carbocycles. The van der Waals surface area contributed by atoms with Gasteiger partial charge in [0.1, 0.15) is 22.3 Å². The molecule has 0 unspecified atom stereocenters. The van der Waals surface area contributed by atoms with Crippen molar-refractivity contribution in [1.29, 1.82) is 0 Å². The first-order chi connectivity index (χ1) is 13.7. The highest BCUT2D eigenvalue weighted by atomic mass is 32.1. The van der Waals surface area contributed by atoms with E-state index in [0.717, 1.165) is 16.1 Å². The molecule has 0 radical (unpaired) electrons. The number of nitrogens with one attached hydrogen (secondary N) is 1. The van der Waals surface area contributed by atoms with Gasteiger partial charge in [-0.1, -0.05) is 0 Å². The van der Waals surface area contributed by atoms with E-state index in [4.69, 9.17) is 4.74 Å². The Kier molecular flexibility index (Phi) is 5.41. The Morgan fingerprint density at radius 2 is 2.00 bits per heavy atom. The highest BCUT2D eigenvalue weighted by molar-refractivity contribution is 7.14. The molecule has 3 heterocycles. The molecule has 8 heteroatoms. The molecular weight excluding hydrogens is 397 g/mol. The van der Waals surface area contributed by atoms with Crippen molar-refractivity contribution < 1.29 is 13.9 Å². The smallest absolute Gasteiger partial charge is 0.271 e. The van der Waals surface area contributed by atoms with Crippen molar-refractivity contribution in [3.8, 4) is 22.2 Å². The summed E-state index contributed by atoms with van der Waals surface area (Å²) in [6.45, 7) is 0.312. The van der Waals surface area contributed by atoms with Crippen LogP contribution < -0.4 is 10.1 Å². The van der Waals surface area contributed by atoms with Crippen LogP contribution in [0.1, 0.15) is 16.1 Å². The summed E-state index contributed by atoms with van der Waals surface area (Å²) in [7, 11) is 0.